The summed E-state index contributed by atoms with van der Waals surface area (Å²) in [6, 6.07) is 8.36. The first-order valence-corrected chi connectivity index (χ1v) is 6.19. The van der Waals surface area contributed by atoms with Crippen LogP contribution in [0.25, 0.3) is 10.8 Å². The minimum absolute atomic E-state index is 0.393. The Morgan fingerprint density at radius 1 is 1.24 bits per heavy atom. The molecule has 1 saturated carbocycles. The summed E-state index contributed by atoms with van der Waals surface area (Å²) in [7, 11) is 0. The highest BCUT2D eigenvalue weighted by Crippen LogP contribution is 2.34. The number of Topliss-reactive ketones (excluding diaryl/α,β-unsaturated/α-hetero) is 1. The summed E-state index contributed by atoms with van der Waals surface area (Å²) in [5.74, 6) is 0.797. The van der Waals surface area contributed by atoms with Crippen LogP contribution in [0.15, 0.2) is 36.7 Å². The predicted octanol–water partition coefficient (Wildman–Crippen LogP) is 3.46. The summed E-state index contributed by atoms with van der Waals surface area (Å²) >= 11 is 0. The molecular weight excluding hydrogens is 210 g/mol. The largest absolute Gasteiger partial charge is 0.300 e. The molecule has 0 aliphatic heterocycles. The molecule has 1 aliphatic rings. The van der Waals surface area contributed by atoms with Crippen LogP contribution in [0.3, 0.4) is 0 Å². The van der Waals surface area contributed by atoms with Gasteiger partial charge in [-0.1, -0.05) is 18.2 Å². The van der Waals surface area contributed by atoms with Crippen LogP contribution in [0.5, 0.6) is 0 Å². The van der Waals surface area contributed by atoms with Gasteiger partial charge >= 0.3 is 0 Å². The molecule has 2 nitrogen and oxygen atoms in total. The SMILES string of the molecule is O=C1CCCC(c2cccc3ccncc23)C1. The lowest BCUT2D eigenvalue weighted by Gasteiger charge is -2.22. The predicted molar refractivity (Wildman–Crippen MR) is 68.0 cm³/mol. The van der Waals surface area contributed by atoms with Gasteiger partial charge in [-0.3, -0.25) is 9.78 Å². The minimum atomic E-state index is 0.393. The zero-order valence-electron chi connectivity index (χ0n) is 9.73. The number of ketones is 1. The minimum Gasteiger partial charge on any atom is -0.300 e. The molecule has 17 heavy (non-hydrogen) atoms. The van der Waals surface area contributed by atoms with Gasteiger partial charge in [-0.05, 0) is 35.8 Å². The monoisotopic (exact) mass is 225 g/mol. The molecule has 0 amide bonds. The average Bonchev–Trinajstić information content (AvgIpc) is 2.38. The standard InChI is InChI=1S/C15H15NO/c17-13-5-1-4-12(9-13)14-6-2-3-11-7-8-16-10-15(11)14/h2-3,6-8,10,12H,1,4-5,9H2. The van der Waals surface area contributed by atoms with Crippen molar-refractivity contribution in [3.05, 3.63) is 42.2 Å². The molecule has 1 aromatic carbocycles. The number of hydrogen-bond acceptors (Lipinski definition) is 2. The van der Waals surface area contributed by atoms with Crippen LogP contribution < -0.4 is 0 Å². The highest BCUT2D eigenvalue weighted by Gasteiger charge is 2.22. The number of carbonyl (C=O) groups is 1. The second kappa shape index (κ2) is 4.28. The van der Waals surface area contributed by atoms with Gasteiger partial charge in [-0.2, -0.15) is 0 Å². The molecule has 0 N–H and O–H groups in total. The Bertz CT molecular complexity index is 556. The molecule has 1 atom stereocenters. The maximum atomic E-state index is 11.6. The first kappa shape index (κ1) is 10.5. The van der Waals surface area contributed by atoms with E-state index in [4.69, 9.17) is 0 Å². The first-order chi connectivity index (χ1) is 8.34. The van der Waals surface area contributed by atoms with Gasteiger partial charge in [0.2, 0.25) is 0 Å². The van der Waals surface area contributed by atoms with Gasteiger partial charge in [-0.25, -0.2) is 0 Å². The molecular formula is C15H15NO. The van der Waals surface area contributed by atoms with Crippen molar-refractivity contribution in [3.8, 4) is 0 Å². The van der Waals surface area contributed by atoms with E-state index in [1.54, 1.807) is 0 Å². The van der Waals surface area contributed by atoms with Crippen LogP contribution in [-0.2, 0) is 4.79 Å². The van der Waals surface area contributed by atoms with Crippen molar-refractivity contribution in [2.75, 3.05) is 0 Å². The maximum absolute atomic E-state index is 11.6. The quantitative estimate of drug-likeness (QED) is 0.744. The fourth-order valence-corrected chi connectivity index (χ4v) is 2.78. The Kier molecular flexibility index (Phi) is 2.63. The summed E-state index contributed by atoms with van der Waals surface area (Å²) < 4.78 is 0. The highest BCUT2D eigenvalue weighted by molar-refractivity contribution is 5.87. The average molecular weight is 225 g/mol. The number of carbonyl (C=O) groups excluding carboxylic acids is 1. The van der Waals surface area contributed by atoms with E-state index in [-0.39, 0.29) is 0 Å². The van der Waals surface area contributed by atoms with Gasteiger partial charge in [0.05, 0.1) is 0 Å². The topological polar surface area (TPSA) is 30.0 Å². The molecule has 0 radical (unpaired) electrons. The van der Waals surface area contributed by atoms with Gasteiger partial charge in [0.25, 0.3) is 0 Å². The number of rotatable bonds is 1. The third-order valence-corrected chi connectivity index (χ3v) is 3.64. The molecule has 86 valence electrons. The van der Waals surface area contributed by atoms with Crippen molar-refractivity contribution in [3.63, 3.8) is 0 Å². The molecule has 3 rings (SSSR count). The Morgan fingerprint density at radius 3 is 3.06 bits per heavy atom. The zero-order valence-corrected chi connectivity index (χ0v) is 9.73. The highest BCUT2D eigenvalue weighted by atomic mass is 16.1. The Morgan fingerprint density at radius 2 is 2.18 bits per heavy atom. The van der Waals surface area contributed by atoms with Crippen LogP contribution in [0.1, 0.15) is 37.2 Å². The van der Waals surface area contributed by atoms with E-state index in [1.807, 2.05) is 18.5 Å². The lowest BCUT2D eigenvalue weighted by atomic mass is 9.82. The van der Waals surface area contributed by atoms with Crippen LogP contribution in [0.2, 0.25) is 0 Å². The van der Waals surface area contributed by atoms with Crippen LogP contribution in [0, 0.1) is 0 Å². The van der Waals surface area contributed by atoms with E-state index in [9.17, 15) is 4.79 Å². The van der Waals surface area contributed by atoms with Crippen molar-refractivity contribution in [2.45, 2.75) is 31.6 Å². The number of nitrogens with zero attached hydrogens (tertiary/aromatic N) is 1. The second-order valence-corrected chi connectivity index (χ2v) is 4.78. The van der Waals surface area contributed by atoms with Gasteiger partial charge in [-0.15, -0.1) is 0 Å². The van der Waals surface area contributed by atoms with Crippen molar-refractivity contribution < 1.29 is 4.79 Å². The number of aromatic nitrogens is 1. The fraction of sp³-hybridized carbons (Fsp3) is 0.333. The summed E-state index contributed by atoms with van der Waals surface area (Å²) in [5.41, 5.74) is 1.30. The van der Waals surface area contributed by atoms with Gasteiger partial charge < -0.3 is 0 Å². The van der Waals surface area contributed by atoms with Crippen LogP contribution in [0.4, 0.5) is 0 Å². The summed E-state index contributed by atoms with van der Waals surface area (Å²) in [6.45, 7) is 0. The van der Waals surface area contributed by atoms with Crippen LogP contribution in [-0.4, -0.2) is 10.8 Å². The Hall–Kier alpha value is -1.70. The van der Waals surface area contributed by atoms with Crippen molar-refractivity contribution in [2.24, 2.45) is 0 Å². The molecule has 1 heterocycles. The Balaban J connectivity index is 2.07. The first-order valence-electron chi connectivity index (χ1n) is 6.19. The molecule has 2 aromatic rings. The fourth-order valence-electron chi connectivity index (χ4n) is 2.78. The molecule has 0 spiro atoms. The summed E-state index contributed by atoms with van der Waals surface area (Å²) in [5, 5.41) is 2.42. The van der Waals surface area contributed by atoms with E-state index in [2.05, 4.69) is 23.2 Å². The molecule has 0 bridgehead atoms. The van der Waals surface area contributed by atoms with E-state index in [0.717, 1.165) is 19.3 Å². The van der Waals surface area contributed by atoms with Gasteiger partial charge in [0, 0.05) is 30.6 Å². The van der Waals surface area contributed by atoms with Crippen molar-refractivity contribution >= 4 is 16.6 Å². The molecule has 2 heteroatoms. The van der Waals surface area contributed by atoms with Gasteiger partial charge in [0.15, 0.2) is 0 Å². The molecule has 1 unspecified atom stereocenters. The molecule has 0 saturated heterocycles. The number of hydrogen-bond donors (Lipinski definition) is 0. The van der Waals surface area contributed by atoms with Crippen molar-refractivity contribution in [1.82, 2.24) is 4.98 Å². The molecule has 1 fully saturated rings. The summed E-state index contributed by atoms with van der Waals surface area (Å²) in [6.07, 6.45) is 7.36. The lowest BCUT2D eigenvalue weighted by Crippen LogP contribution is -2.13. The van der Waals surface area contributed by atoms with Gasteiger partial charge in [0.1, 0.15) is 5.78 Å². The molecule has 1 aliphatic carbocycles. The zero-order chi connectivity index (χ0) is 11.7. The number of benzene rings is 1. The van der Waals surface area contributed by atoms with Crippen LogP contribution >= 0.6 is 0 Å². The number of fused-ring (bicyclic) bond motifs is 1. The van der Waals surface area contributed by atoms with Crippen molar-refractivity contribution in [1.29, 1.82) is 0 Å². The third-order valence-electron chi connectivity index (χ3n) is 3.64. The van der Waals surface area contributed by atoms with E-state index < -0.39 is 0 Å². The number of pyridine rings is 1. The Labute approximate surface area is 101 Å². The maximum Gasteiger partial charge on any atom is 0.133 e. The van der Waals surface area contributed by atoms with E-state index >= 15 is 0 Å². The lowest BCUT2D eigenvalue weighted by molar-refractivity contribution is -0.120. The molecule has 1 aromatic heterocycles. The van der Waals surface area contributed by atoms with E-state index in [0.29, 0.717) is 18.1 Å². The third kappa shape index (κ3) is 1.95. The second-order valence-electron chi connectivity index (χ2n) is 4.78. The normalized spacial score (nSPS) is 20.7. The smallest absolute Gasteiger partial charge is 0.133 e. The summed E-state index contributed by atoms with van der Waals surface area (Å²) in [4.78, 5) is 15.8. The van der Waals surface area contributed by atoms with E-state index in [1.165, 1.54) is 16.3 Å².